The molecule has 0 aliphatic carbocycles. The second kappa shape index (κ2) is 6.68. The number of carbonyl (C=O) groups excluding carboxylic acids is 1. The van der Waals surface area contributed by atoms with E-state index in [0.29, 0.717) is 21.0 Å². The maximum Gasteiger partial charge on any atom is 0.360 e. The summed E-state index contributed by atoms with van der Waals surface area (Å²) in [5.41, 5.74) is 0.236. The third kappa shape index (κ3) is 2.89. The van der Waals surface area contributed by atoms with Crippen LogP contribution in [-0.2, 0) is 4.74 Å². The number of benzene rings is 1. The van der Waals surface area contributed by atoms with Gasteiger partial charge in [0.25, 0.3) is 11.1 Å². The molecule has 0 spiro atoms. The van der Waals surface area contributed by atoms with Crippen LogP contribution in [0.3, 0.4) is 0 Å². The number of aryl methyl sites for hydroxylation is 2. The highest BCUT2D eigenvalue weighted by atomic mass is 32.1. The zero-order chi connectivity index (χ0) is 20.0. The van der Waals surface area contributed by atoms with Gasteiger partial charge in [-0.1, -0.05) is 18.2 Å². The van der Waals surface area contributed by atoms with Crippen molar-refractivity contribution in [1.82, 2.24) is 20.2 Å². The van der Waals surface area contributed by atoms with Crippen molar-refractivity contribution in [1.29, 1.82) is 0 Å². The highest BCUT2D eigenvalue weighted by molar-refractivity contribution is 7.18. The number of carbonyl (C=O) groups is 1. The lowest BCUT2D eigenvalue weighted by molar-refractivity contribution is 0.0314. The standard InChI is InChI=1S/C19H16N4O4S/c1-8-10(3)28-18-13(8)17(25)20-15(21-18)9(2)27-19(26)14-11-6-4-5-7-12(11)16(24)23-22-14/h4-7,9H,1-3H3,(H,23,24)(H,20,21,25)/t9-/m0/s1. The third-order valence-corrected chi connectivity index (χ3v) is 5.72. The lowest BCUT2D eigenvalue weighted by atomic mass is 10.1. The van der Waals surface area contributed by atoms with Crippen molar-refractivity contribution < 1.29 is 9.53 Å². The average Bonchev–Trinajstić information content (AvgIpc) is 2.96. The summed E-state index contributed by atoms with van der Waals surface area (Å²) in [6.45, 7) is 5.42. The van der Waals surface area contributed by atoms with Crippen LogP contribution in [0.5, 0.6) is 0 Å². The molecule has 0 saturated carbocycles. The second-order valence-electron chi connectivity index (χ2n) is 6.41. The van der Waals surface area contributed by atoms with Crippen molar-refractivity contribution in [2.24, 2.45) is 0 Å². The monoisotopic (exact) mass is 396 g/mol. The first-order valence-electron chi connectivity index (χ1n) is 8.55. The molecular formula is C19H16N4O4S. The first-order valence-corrected chi connectivity index (χ1v) is 9.36. The lowest BCUT2D eigenvalue weighted by Gasteiger charge is -2.13. The molecule has 142 valence electrons. The van der Waals surface area contributed by atoms with Gasteiger partial charge in [-0.25, -0.2) is 14.9 Å². The summed E-state index contributed by atoms with van der Waals surface area (Å²) in [5, 5.41) is 7.42. The molecule has 1 aromatic carbocycles. The summed E-state index contributed by atoms with van der Waals surface area (Å²) in [5.74, 6) is -0.470. The van der Waals surface area contributed by atoms with Crippen molar-refractivity contribution in [3.8, 4) is 0 Å². The summed E-state index contributed by atoms with van der Waals surface area (Å²) in [6.07, 6.45) is -0.806. The van der Waals surface area contributed by atoms with Crippen molar-refractivity contribution in [2.75, 3.05) is 0 Å². The first-order chi connectivity index (χ1) is 13.4. The number of hydrogen-bond acceptors (Lipinski definition) is 7. The van der Waals surface area contributed by atoms with Gasteiger partial charge < -0.3 is 9.72 Å². The van der Waals surface area contributed by atoms with Gasteiger partial charge in [0, 0.05) is 10.3 Å². The summed E-state index contributed by atoms with van der Waals surface area (Å²) in [4.78, 5) is 45.7. The van der Waals surface area contributed by atoms with Crippen LogP contribution in [-0.4, -0.2) is 26.1 Å². The molecule has 1 atom stereocenters. The third-order valence-electron chi connectivity index (χ3n) is 4.62. The molecule has 3 heterocycles. The van der Waals surface area contributed by atoms with Gasteiger partial charge in [0.1, 0.15) is 4.83 Å². The molecular weight excluding hydrogens is 380 g/mol. The van der Waals surface area contributed by atoms with Crippen LogP contribution in [0.4, 0.5) is 0 Å². The molecule has 0 radical (unpaired) electrons. The van der Waals surface area contributed by atoms with Crippen LogP contribution in [0, 0.1) is 13.8 Å². The lowest BCUT2D eigenvalue weighted by Crippen LogP contribution is -2.20. The van der Waals surface area contributed by atoms with Gasteiger partial charge in [-0.05, 0) is 32.4 Å². The predicted octanol–water partition coefficient (Wildman–Crippen LogP) is 2.76. The first kappa shape index (κ1) is 18.1. The SMILES string of the molecule is Cc1sc2nc([C@H](C)OC(=O)c3n[nH]c(=O)c4ccccc34)[nH]c(=O)c2c1C. The van der Waals surface area contributed by atoms with Gasteiger partial charge in [-0.3, -0.25) is 9.59 Å². The van der Waals surface area contributed by atoms with Crippen LogP contribution >= 0.6 is 11.3 Å². The molecule has 0 saturated heterocycles. The Labute approximate surface area is 162 Å². The van der Waals surface area contributed by atoms with E-state index in [-0.39, 0.29) is 22.6 Å². The average molecular weight is 396 g/mol. The van der Waals surface area contributed by atoms with E-state index >= 15 is 0 Å². The topological polar surface area (TPSA) is 118 Å². The van der Waals surface area contributed by atoms with Crippen LogP contribution in [0.1, 0.15) is 39.8 Å². The van der Waals surface area contributed by atoms with E-state index in [9.17, 15) is 14.4 Å². The summed E-state index contributed by atoms with van der Waals surface area (Å²) in [7, 11) is 0. The molecule has 9 heteroatoms. The molecule has 0 bridgehead atoms. The smallest absolute Gasteiger partial charge is 0.360 e. The molecule has 28 heavy (non-hydrogen) atoms. The molecule has 4 rings (SSSR count). The fraction of sp³-hybridized carbons (Fsp3) is 0.211. The summed E-state index contributed by atoms with van der Waals surface area (Å²) < 4.78 is 5.46. The fourth-order valence-electron chi connectivity index (χ4n) is 3.01. The van der Waals surface area contributed by atoms with Gasteiger partial charge in [-0.15, -0.1) is 11.3 Å². The van der Waals surface area contributed by atoms with Gasteiger partial charge in [-0.2, -0.15) is 5.10 Å². The van der Waals surface area contributed by atoms with Crippen molar-refractivity contribution in [2.45, 2.75) is 26.9 Å². The normalized spacial score (nSPS) is 12.4. The van der Waals surface area contributed by atoms with E-state index in [2.05, 4.69) is 20.2 Å². The molecule has 0 amide bonds. The zero-order valence-electron chi connectivity index (χ0n) is 15.3. The van der Waals surface area contributed by atoms with Crippen LogP contribution in [0.25, 0.3) is 21.0 Å². The Morgan fingerprint density at radius 2 is 1.86 bits per heavy atom. The minimum atomic E-state index is -0.806. The quantitative estimate of drug-likeness (QED) is 0.514. The number of nitrogens with one attached hydrogen (secondary N) is 2. The number of H-pyrrole nitrogens is 2. The molecule has 0 aliphatic heterocycles. The molecule has 0 unspecified atom stereocenters. The fourth-order valence-corrected chi connectivity index (χ4v) is 4.04. The molecule has 0 fully saturated rings. The Balaban J connectivity index is 1.69. The highest BCUT2D eigenvalue weighted by Crippen LogP contribution is 2.27. The predicted molar refractivity (Wildman–Crippen MR) is 106 cm³/mol. The second-order valence-corrected chi connectivity index (χ2v) is 7.61. The number of nitrogens with zero attached hydrogens (tertiary/aromatic N) is 2. The van der Waals surface area contributed by atoms with Crippen LogP contribution < -0.4 is 11.1 Å². The summed E-state index contributed by atoms with van der Waals surface area (Å²) >= 11 is 1.42. The zero-order valence-corrected chi connectivity index (χ0v) is 16.1. The minimum Gasteiger partial charge on any atom is -0.450 e. The number of aromatic amines is 2. The molecule has 0 aliphatic rings. The molecule has 8 nitrogen and oxygen atoms in total. The molecule has 4 aromatic rings. The summed E-state index contributed by atoms with van der Waals surface area (Å²) in [6, 6.07) is 6.63. The highest BCUT2D eigenvalue weighted by Gasteiger charge is 2.21. The number of ether oxygens (including phenoxy) is 1. The van der Waals surface area contributed by atoms with E-state index < -0.39 is 12.1 Å². The number of hydrogen-bond donors (Lipinski definition) is 2. The largest absolute Gasteiger partial charge is 0.450 e. The van der Waals surface area contributed by atoms with Gasteiger partial charge in [0.2, 0.25) is 0 Å². The van der Waals surface area contributed by atoms with E-state index in [1.54, 1.807) is 31.2 Å². The Hall–Kier alpha value is -3.33. The van der Waals surface area contributed by atoms with Gasteiger partial charge in [0.05, 0.1) is 10.8 Å². The minimum absolute atomic E-state index is 0.00622. The van der Waals surface area contributed by atoms with E-state index in [1.165, 1.54) is 11.3 Å². The van der Waals surface area contributed by atoms with Crippen molar-refractivity contribution in [3.05, 3.63) is 66.9 Å². The van der Waals surface area contributed by atoms with Crippen LogP contribution in [0.15, 0.2) is 33.9 Å². The van der Waals surface area contributed by atoms with E-state index in [1.807, 2.05) is 13.8 Å². The molecule has 2 N–H and O–H groups in total. The number of esters is 1. The molecule has 3 aromatic heterocycles. The Morgan fingerprint density at radius 1 is 1.14 bits per heavy atom. The maximum absolute atomic E-state index is 12.6. The van der Waals surface area contributed by atoms with Gasteiger partial charge >= 0.3 is 5.97 Å². The van der Waals surface area contributed by atoms with Gasteiger partial charge in [0.15, 0.2) is 17.6 Å². The number of fused-ring (bicyclic) bond motifs is 2. The Bertz CT molecular complexity index is 1350. The van der Waals surface area contributed by atoms with Crippen molar-refractivity contribution >= 4 is 38.3 Å². The van der Waals surface area contributed by atoms with E-state index in [0.717, 1.165) is 10.4 Å². The maximum atomic E-state index is 12.6. The van der Waals surface area contributed by atoms with E-state index in [4.69, 9.17) is 4.74 Å². The van der Waals surface area contributed by atoms with Crippen molar-refractivity contribution in [3.63, 3.8) is 0 Å². The Kier molecular flexibility index (Phi) is 4.31. The number of aromatic nitrogens is 4. The number of rotatable bonds is 3. The number of thiophene rings is 1. The van der Waals surface area contributed by atoms with Crippen LogP contribution in [0.2, 0.25) is 0 Å². The Morgan fingerprint density at radius 3 is 2.61 bits per heavy atom.